The van der Waals surface area contributed by atoms with E-state index in [0.717, 1.165) is 40.4 Å². The van der Waals surface area contributed by atoms with Gasteiger partial charge in [0.15, 0.2) is 0 Å². The van der Waals surface area contributed by atoms with Crippen LogP contribution >= 0.6 is 0 Å². The number of aliphatic carboxylic acids is 1. The Kier molecular flexibility index (Phi) is 6.34. The lowest BCUT2D eigenvalue weighted by molar-refractivity contribution is -0.137. The standard InChI is InChI=1S/C27H30N4O3/c1-5-6-7-20(13-25(32)33)31-24-12-19(14-28)8-9-23(24)30(27(31)34)18(4)21-15-29-22-11-16(2)10-17(3)26(21)22/h8-12,15,18,20,29H,5-7,13H2,1-4H3,(H,32,33). The number of hydrogen-bond acceptors (Lipinski definition) is 3. The Morgan fingerprint density at radius 1 is 1.18 bits per heavy atom. The summed E-state index contributed by atoms with van der Waals surface area (Å²) in [7, 11) is 0. The average Bonchev–Trinajstić information content (AvgIpc) is 3.34. The zero-order valence-corrected chi connectivity index (χ0v) is 20.1. The third-order valence-electron chi connectivity index (χ3n) is 6.69. The van der Waals surface area contributed by atoms with Crippen LogP contribution in [0.25, 0.3) is 21.9 Å². The molecule has 34 heavy (non-hydrogen) atoms. The van der Waals surface area contributed by atoms with Crippen LogP contribution in [0, 0.1) is 25.2 Å². The number of nitriles is 1. The van der Waals surface area contributed by atoms with Gasteiger partial charge in [0.25, 0.3) is 0 Å². The van der Waals surface area contributed by atoms with Crippen LogP contribution in [0.15, 0.2) is 41.3 Å². The van der Waals surface area contributed by atoms with Crippen molar-refractivity contribution >= 4 is 27.9 Å². The van der Waals surface area contributed by atoms with E-state index in [9.17, 15) is 20.0 Å². The number of nitrogens with one attached hydrogen (secondary N) is 1. The van der Waals surface area contributed by atoms with Crippen LogP contribution in [0.4, 0.5) is 0 Å². The number of carbonyl (C=O) groups is 1. The number of hydrogen-bond donors (Lipinski definition) is 2. The van der Waals surface area contributed by atoms with Crippen molar-refractivity contribution in [2.45, 2.75) is 65.5 Å². The first-order valence-corrected chi connectivity index (χ1v) is 11.7. The van der Waals surface area contributed by atoms with E-state index in [4.69, 9.17) is 0 Å². The minimum atomic E-state index is -0.944. The molecule has 0 radical (unpaired) electrons. The fourth-order valence-corrected chi connectivity index (χ4v) is 5.16. The number of aromatic amines is 1. The molecule has 2 aromatic heterocycles. The number of imidazole rings is 1. The second-order valence-corrected chi connectivity index (χ2v) is 9.16. The van der Waals surface area contributed by atoms with Gasteiger partial charge < -0.3 is 10.1 Å². The quantitative estimate of drug-likeness (QED) is 0.359. The molecule has 0 aliphatic heterocycles. The topological polar surface area (TPSA) is 104 Å². The van der Waals surface area contributed by atoms with E-state index in [1.165, 1.54) is 0 Å². The van der Waals surface area contributed by atoms with E-state index in [1.807, 2.05) is 20.0 Å². The molecule has 2 unspecified atom stereocenters. The third kappa shape index (κ3) is 4.01. The van der Waals surface area contributed by atoms with Crippen molar-refractivity contribution in [3.63, 3.8) is 0 Å². The van der Waals surface area contributed by atoms with Crippen molar-refractivity contribution in [2.75, 3.05) is 0 Å². The number of carboxylic acids is 1. The lowest BCUT2D eigenvalue weighted by Crippen LogP contribution is -2.30. The first-order valence-electron chi connectivity index (χ1n) is 11.7. The van der Waals surface area contributed by atoms with E-state index >= 15 is 0 Å². The Bertz CT molecular complexity index is 1480. The fraction of sp³-hybridized carbons (Fsp3) is 0.370. The molecular formula is C27H30N4O3. The molecule has 0 aliphatic rings. The number of carboxylic acid groups (broad SMARTS) is 1. The van der Waals surface area contributed by atoms with Gasteiger partial charge in [-0.2, -0.15) is 5.26 Å². The molecule has 4 aromatic rings. The summed E-state index contributed by atoms with van der Waals surface area (Å²) < 4.78 is 3.33. The van der Waals surface area contributed by atoms with Gasteiger partial charge in [-0.15, -0.1) is 0 Å². The molecule has 0 saturated carbocycles. The lowest BCUT2D eigenvalue weighted by atomic mass is 10.0. The Morgan fingerprint density at radius 2 is 1.94 bits per heavy atom. The van der Waals surface area contributed by atoms with E-state index in [1.54, 1.807) is 27.3 Å². The maximum absolute atomic E-state index is 13.9. The molecule has 7 nitrogen and oxygen atoms in total. The maximum atomic E-state index is 13.9. The van der Waals surface area contributed by atoms with Gasteiger partial charge in [-0.1, -0.05) is 25.8 Å². The van der Waals surface area contributed by atoms with Crippen molar-refractivity contribution in [1.29, 1.82) is 5.26 Å². The number of aryl methyl sites for hydroxylation is 2. The van der Waals surface area contributed by atoms with E-state index in [-0.39, 0.29) is 18.2 Å². The van der Waals surface area contributed by atoms with Crippen molar-refractivity contribution in [2.24, 2.45) is 0 Å². The molecule has 0 amide bonds. The molecule has 2 aromatic carbocycles. The van der Waals surface area contributed by atoms with Crippen LogP contribution in [0.1, 0.15) is 73.9 Å². The molecule has 0 bridgehead atoms. The Morgan fingerprint density at radius 3 is 2.62 bits per heavy atom. The normalized spacial score (nSPS) is 13.3. The highest BCUT2D eigenvalue weighted by molar-refractivity contribution is 5.88. The van der Waals surface area contributed by atoms with Gasteiger partial charge in [-0.25, -0.2) is 4.79 Å². The first kappa shape index (κ1) is 23.4. The largest absolute Gasteiger partial charge is 0.481 e. The van der Waals surface area contributed by atoms with Gasteiger partial charge in [-0.3, -0.25) is 13.9 Å². The molecule has 0 aliphatic carbocycles. The van der Waals surface area contributed by atoms with Crippen molar-refractivity contribution < 1.29 is 9.90 Å². The van der Waals surface area contributed by atoms with Crippen LogP contribution < -0.4 is 5.69 Å². The van der Waals surface area contributed by atoms with Gasteiger partial charge in [0.2, 0.25) is 0 Å². The molecular weight excluding hydrogens is 428 g/mol. The van der Waals surface area contributed by atoms with E-state index in [0.29, 0.717) is 23.0 Å². The zero-order chi connectivity index (χ0) is 24.6. The minimum absolute atomic E-state index is 0.143. The summed E-state index contributed by atoms with van der Waals surface area (Å²) in [4.78, 5) is 28.9. The SMILES string of the molecule is CCCCC(CC(=O)O)n1c(=O)n(C(C)c2c[nH]c3cc(C)cc(C)c23)c2ccc(C#N)cc21. The van der Waals surface area contributed by atoms with Crippen LogP contribution in [0.3, 0.4) is 0 Å². The number of fused-ring (bicyclic) bond motifs is 2. The maximum Gasteiger partial charge on any atom is 0.329 e. The second-order valence-electron chi connectivity index (χ2n) is 9.16. The molecule has 2 heterocycles. The van der Waals surface area contributed by atoms with E-state index < -0.39 is 12.0 Å². The molecule has 4 rings (SSSR count). The lowest BCUT2D eigenvalue weighted by Gasteiger charge is -2.17. The second kappa shape index (κ2) is 9.22. The first-order chi connectivity index (χ1) is 16.3. The number of unbranched alkanes of at least 4 members (excludes halogenated alkanes) is 1. The monoisotopic (exact) mass is 458 g/mol. The van der Waals surface area contributed by atoms with Gasteiger partial charge >= 0.3 is 11.7 Å². The van der Waals surface area contributed by atoms with Crippen molar-refractivity contribution in [3.8, 4) is 6.07 Å². The number of H-pyrrole nitrogens is 1. The summed E-state index contributed by atoms with van der Waals surface area (Å²) in [5.41, 5.74) is 5.81. The highest BCUT2D eigenvalue weighted by Crippen LogP contribution is 2.33. The number of benzene rings is 2. The molecule has 176 valence electrons. The molecule has 0 saturated heterocycles. The molecule has 2 N–H and O–H groups in total. The van der Waals surface area contributed by atoms with Crippen LogP contribution in [0.2, 0.25) is 0 Å². The van der Waals surface area contributed by atoms with Gasteiger partial charge in [-0.05, 0) is 62.6 Å². The summed E-state index contributed by atoms with van der Waals surface area (Å²) in [5, 5.41) is 20.1. The molecule has 0 fully saturated rings. The highest BCUT2D eigenvalue weighted by atomic mass is 16.4. The predicted octanol–water partition coefficient (Wildman–Crippen LogP) is 5.59. The van der Waals surface area contributed by atoms with Crippen molar-refractivity contribution in [3.05, 3.63) is 69.3 Å². The Labute approximate surface area is 198 Å². The molecule has 0 spiro atoms. The summed E-state index contributed by atoms with van der Waals surface area (Å²) >= 11 is 0. The average molecular weight is 459 g/mol. The van der Waals surface area contributed by atoms with Gasteiger partial charge in [0.1, 0.15) is 0 Å². The number of rotatable bonds is 8. The number of aromatic nitrogens is 3. The van der Waals surface area contributed by atoms with Crippen LogP contribution in [-0.4, -0.2) is 25.2 Å². The van der Waals surface area contributed by atoms with Gasteiger partial charge in [0, 0.05) is 28.7 Å². The van der Waals surface area contributed by atoms with Crippen molar-refractivity contribution in [1.82, 2.24) is 14.1 Å². The molecule has 2 atom stereocenters. The summed E-state index contributed by atoms with van der Waals surface area (Å²) in [5.74, 6) is -0.944. The summed E-state index contributed by atoms with van der Waals surface area (Å²) in [6.07, 6.45) is 4.10. The highest BCUT2D eigenvalue weighted by Gasteiger charge is 2.26. The fourth-order valence-electron chi connectivity index (χ4n) is 5.16. The number of nitrogens with zero attached hydrogens (tertiary/aromatic N) is 3. The minimum Gasteiger partial charge on any atom is -0.481 e. The van der Waals surface area contributed by atoms with Crippen LogP contribution in [0.5, 0.6) is 0 Å². The van der Waals surface area contributed by atoms with Crippen LogP contribution in [-0.2, 0) is 4.79 Å². The summed E-state index contributed by atoms with van der Waals surface area (Å²) in [6.45, 7) is 8.16. The molecule has 7 heteroatoms. The Hall–Kier alpha value is -3.79. The van der Waals surface area contributed by atoms with Gasteiger partial charge in [0.05, 0.1) is 35.1 Å². The van der Waals surface area contributed by atoms with E-state index in [2.05, 4.69) is 37.0 Å². The third-order valence-corrected chi connectivity index (χ3v) is 6.69. The summed E-state index contributed by atoms with van der Waals surface area (Å²) in [6, 6.07) is 10.8. The smallest absolute Gasteiger partial charge is 0.329 e. The predicted molar refractivity (Wildman–Crippen MR) is 133 cm³/mol. The zero-order valence-electron chi connectivity index (χ0n) is 20.1. The Balaban J connectivity index is 1.97.